The van der Waals surface area contributed by atoms with Gasteiger partial charge in [-0.25, -0.2) is 23.5 Å². The fourth-order valence-electron chi connectivity index (χ4n) is 2.83. The zero-order chi connectivity index (χ0) is 21.4. The lowest BCUT2D eigenvalue weighted by atomic mass is 10.0. The topological polar surface area (TPSA) is 97.1 Å². The summed E-state index contributed by atoms with van der Waals surface area (Å²) in [5, 5.41) is 12.5. The van der Waals surface area contributed by atoms with E-state index in [4.69, 9.17) is 9.90 Å². The summed E-state index contributed by atoms with van der Waals surface area (Å²) in [6, 6.07) is 6.76. The van der Waals surface area contributed by atoms with Gasteiger partial charge >= 0.3 is 5.97 Å². The second kappa shape index (κ2) is 9.83. The van der Waals surface area contributed by atoms with Crippen LogP contribution < -0.4 is 5.32 Å². The second-order valence-corrected chi connectivity index (χ2v) is 6.36. The van der Waals surface area contributed by atoms with Gasteiger partial charge in [0.2, 0.25) is 5.92 Å². The van der Waals surface area contributed by atoms with Gasteiger partial charge in [0.15, 0.2) is 0 Å². The largest absolute Gasteiger partial charge is 0.477 e. The first-order chi connectivity index (χ1) is 13.9. The molecule has 0 bridgehead atoms. The van der Waals surface area contributed by atoms with Crippen LogP contribution >= 0.6 is 0 Å². The van der Waals surface area contributed by atoms with Crippen LogP contribution in [-0.2, 0) is 11.2 Å². The molecule has 0 aliphatic rings. The lowest BCUT2D eigenvalue weighted by Crippen LogP contribution is -2.23. The van der Waals surface area contributed by atoms with E-state index in [2.05, 4.69) is 15.3 Å². The minimum Gasteiger partial charge on any atom is -0.477 e. The summed E-state index contributed by atoms with van der Waals surface area (Å²) in [4.78, 5) is 27.2. The van der Waals surface area contributed by atoms with Crippen molar-refractivity contribution in [3.05, 3.63) is 54.1 Å². The minimum atomic E-state index is -2.71. The molecule has 7 nitrogen and oxygen atoms in total. The number of aromatic nitrogens is 3. The van der Waals surface area contributed by atoms with Crippen LogP contribution in [0.1, 0.15) is 28.9 Å². The van der Waals surface area contributed by atoms with Gasteiger partial charge in [-0.15, -0.1) is 0 Å². The average molecular weight is 404 g/mol. The highest BCUT2D eigenvalue weighted by molar-refractivity contribution is 5.85. The number of pyridine rings is 2. The van der Waals surface area contributed by atoms with Crippen molar-refractivity contribution in [3.63, 3.8) is 0 Å². The molecule has 0 amide bonds. The first-order valence-corrected chi connectivity index (χ1v) is 8.87. The zero-order valence-electron chi connectivity index (χ0n) is 15.9. The Balaban J connectivity index is 0.00000145. The zero-order valence-corrected chi connectivity index (χ0v) is 15.9. The molecule has 9 heteroatoms. The molecule has 0 aromatic carbocycles. The van der Waals surface area contributed by atoms with E-state index in [1.54, 1.807) is 30.1 Å². The number of nitrogens with zero attached hydrogens (tertiary/aromatic N) is 3. The first kappa shape index (κ1) is 22.1. The first-order valence-electron chi connectivity index (χ1n) is 8.87. The number of fused-ring (bicyclic) bond motifs is 1. The van der Waals surface area contributed by atoms with Crippen molar-refractivity contribution in [1.29, 1.82) is 0 Å². The lowest BCUT2D eigenvalue weighted by molar-refractivity contribution is -0.0980. The molecule has 0 fully saturated rings. The lowest BCUT2D eigenvalue weighted by Gasteiger charge is -2.15. The summed E-state index contributed by atoms with van der Waals surface area (Å²) >= 11 is 0. The van der Waals surface area contributed by atoms with E-state index in [9.17, 15) is 13.6 Å². The Hall–Kier alpha value is -3.20. The average Bonchev–Trinajstić information content (AvgIpc) is 3.16. The van der Waals surface area contributed by atoms with E-state index in [-0.39, 0.29) is 31.5 Å². The van der Waals surface area contributed by atoms with Crippen LogP contribution in [0.15, 0.2) is 42.9 Å². The summed E-state index contributed by atoms with van der Waals surface area (Å²) < 4.78 is 29.4. The van der Waals surface area contributed by atoms with Crippen LogP contribution in [0.5, 0.6) is 0 Å². The van der Waals surface area contributed by atoms with Gasteiger partial charge in [0.25, 0.3) is 0 Å². The van der Waals surface area contributed by atoms with Crippen LogP contribution in [0.2, 0.25) is 0 Å². The molecule has 29 heavy (non-hydrogen) atoms. The predicted molar refractivity (Wildman–Crippen MR) is 105 cm³/mol. The number of carboxylic acids is 1. The summed E-state index contributed by atoms with van der Waals surface area (Å²) in [7, 11) is 1.66. The summed E-state index contributed by atoms with van der Waals surface area (Å²) in [5.74, 6) is -3.80. The Labute approximate surface area is 166 Å². The number of aryl methyl sites for hydroxylation is 1. The van der Waals surface area contributed by atoms with Crippen molar-refractivity contribution in [2.75, 3.05) is 13.6 Å². The number of hydrogen-bond donors (Lipinski definition) is 2. The molecule has 0 saturated heterocycles. The molecular weight excluding hydrogens is 382 g/mol. The fourth-order valence-corrected chi connectivity index (χ4v) is 2.83. The molecule has 0 unspecified atom stereocenters. The Morgan fingerprint density at radius 2 is 1.97 bits per heavy atom. The second-order valence-electron chi connectivity index (χ2n) is 6.36. The minimum absolute atomic E-state index is 0.0374. The molecule has 2 N–H and O–H groups in total. The van der Waals surface area contributed by atoms with E-state index in [1.807, 2.05) is 18.9 Å². The third-order valence-corrected chi connectivity index (χ3v) is 4.35. The maximum Gasteiger partial charge on any atom is 0.354 e. The van der Waals surface area contributed by atoms with Crippen molar-refractivity contribution in [2.24, 2.45) is 0 Å². The third-order valence-electron chi connectivity index (χ3n) is 4.35. The van der Waals surface area contributed by atoms with Gasteiger partial charge < -0.3 is 15.2 Å². The standard InChI is InChI=1S/C19H20F2N4O2.CH2O/c1-22-8-7-19(20,21)6-4-13-10-14-5-9-25(17(14)24-11-13)15-2-3-16(18(26)27)23-12-15;1-2/h2-3,5,9-12,22H,4,6-8H2,1H3,(H,26,27);1H2. The van der Waals surface area contributed by atoms with E-state index < -0.39 is 11.9 Å². The Morgan fingerprint density at radius 1 is 1.21 bits per heavy atom. The maximum atomic E-state index is 13.8. The van der Waals surface area contributed by atoms with Crippen molar-refractivity contribution < 1.29 is 23.5 Å². The van der Waals surface area contributed by atoms with Crippen molar-refractivity contribution in [3.8, 4) is 5.69 Å². The van der Waals surface area contributed by atoms with Crippen LogP contribution in [0.4, 0.5) is 8.78 Å². The van der Waals surface area contributed by atoms with Crippen LogP contribution in [-0.4, -0.2) is 51.9 Å². The molecule has 3 aromatic rings. The van der Waals surface area contributed by atoms with E-state index in [1.165, 1.54) is 12.3 Å². The van der Waals surface area contributed by atoms with Gasteiger partial charge in [0, 0.05) is 37.2 Å². The Morgan fingerprint density at radius 3 is 2.59 bits per heavy atom. The van der Waals surface area contributed by atoms with Gasteiger partial charge in [-0.2, -0.15) is 0 Å². The SMILES string of the molecule is C=O.CNCCC(F)(F)CCc1cnc2c(ccn2-c2ccc(C(=O)O)nc2)c1. The van der Waals surface area contributed by atoms with Crippen molar-refractivity contribution >= 4 is 23.8 Å². The number of nitrogens with one attached hydrogen (secondary N) is 1. The maximum absolute atomic E-state index is 13.8. The number of halogens is 2. The van der Waals surface area contributed by atoms with Gasteiger partial charge in [-0.1, -0.05) is 0 Å². The number of carboxylic acid groups (broad SMARTS) is 1. The smallest absolute Gasteiger partial charge is 0.354 e. The molecule has 0 saturated carbocycles. The van der Waals surface area contributed by atoms with Crippen molar-refractivity contribution in [2.45, 2.75) is 25.2 Å². The normalized spacial score (nSPS) is 11.1. The van der Waals surface area contributed by atoms with Gasteiger partial charge in [0.05, 0.1) is 11.9 Å². The Kier molecular flexibility index (Phi) is 7.49. The van der Waals surface area contributed by atoms with E-state index in [0.29, 0.717) is 11.3 Å². The monoisotopic (exact) mass is 404 g/mol. The molecule has 0 atom stereocenters. The van der Waals surface area contributed by atoms with Gasteiger partial charge in [-0.05, 0) is 43.3 Å². The summed E-state index contributed by atoms with van der Waals surface area (Å²) in [6.45, 7) is 2.28. The highest BCUT2D eigenvalue weighted by Gasteiger charge is 2.27. The van der Waals surface area contributed by atoms with E-state index >= 15 is 0 Å². The fraction of sp³-hybridized carbons (Fsp3) is 0.300. The molecule has 3 heterocycles. The highest BCUT2D eigenvalue weighted by Crippen LogP contribution is 2.26. The van der Waals surface area contributed by atoms with Crippen molar-refractivity contribution in [1.82, 2.24) is 19.9 Å². The van der Waals surface area contributed by atoms with Gasteiger partial charge in [0.1, 0.15) is 18.1 Å². The number of hydrogen-bond acceptors (Lipinski definition) is 5. The molecule has 3 rings (SSSR count). The highest BCUT2D eigenvalue weighted by atomic mass is 19.3. The predicted octanol–water partition coefficient (Wildman–Crippen LogP) is 3.11. The van der Waals surface area contributed by atoms with Crippen LogP contribution in [0.3, 0.4) is 0 Å². The molecule has 154 valence electrons. The Bertz CT molecular complexity index is 958. The molecule has 0 radical (unpaired) electrons. The van der Waals surface area contributed by atoms with Crippen LogP contribution in [0, 0.1) is 0 Å². The number of carbonyl (C=O) groups excluding carboxylic acids is 1. The quantitative estimate of drug-likeness (QED) is 0.599. The molecule has 0 aliphatic carbocycles. The molecular formula is C20H22F2N4O3. The number of aromatic carboxylic acids is 1. The number of alkyl halides is 2. The molecule has 0 aliphatic heterocycles. The summed E-state index contributed by atoms with van der Waals surface area (Å²) in [5.41, 5.74) is 2.05. The summed E-state index contributed by atoms with van der Waals surface area (Å²) in [6.07, 6.45) is 4.70. The molecule has 0 spiro atoms. The van der Waals surface area contributed by atoms with Gasteiger partial charge in [-0.3, -0.25) is 4.57 Å². The van der Waals surface area contributed by atoms with E-state index in [0.717, 1.165) is 10.9 Å². The third kappa shape index (κ3) is 5.64. The molecule has 3 aromatic heterocycles. The number of rotatable bonds is 8. The number of carbonyl (C=O) groups is 2. The van der Waals surface area contributed by atoms with Crippen LogP contribution in [0.25, 0.3) is 16.7 Å².